The molecule has 0 fully saturated rings. The molecule has 0 bridgehead atoms. The summed E-state index contributed by atoms with van der Waals surface area (Å²) in [6, 6.07) is 17.8. The number of para-hydroxylation sites is 2. The zero-order valence-corrected chi connectivity index (χ0v) is 17.1. The van der Waals surface area contributed by atoms with Crippen LogP contribution in [0.25, 0.3) is 5.69 Å². The minimum absolute atomic E-state index is 0.0546. The summed E-state index contributed by atoms with van der Waals surface area (Å²) < 4.78 is 3.35. The van der Waals surface area contributed by atoms with Gasteiger partial charge in [-0.25, -0.2) is 4.68 Å². The molecule has 0 saturated carbocycles. The highest BCUT2D eigenvalue weighted by atomic mass is 16.2. The molecule has 0 spiro atoms. The molecule has 6 heteroatoms. The van der Waals surface area contributed by atoms with E-state index in [-0.39, 0.29) is 17.5 Å². The molecule has 1 atom stereocenters. The Bertz CT molecular complexity index is 1100. The van der Waals surface area contributed by atoms with Crippen molar-refractivity contribution in [3.8, 4) is 5.69 Å². The first-order chi connectivity index (χ1) is 14.0. The highest BCUT2D eigenvalue weighted by Crippen LogP contribution is 2.30. The Hall–Kier alpha value is -3.28. The topological polar surface area (TPSA) is 59.3 Å². The number of benzene rings is 2. The van der Waals surface area contributed by atoms with Crippen molar-refractivity contribution in [3.63, 3.8) is 0 Å². The summed E-state index contributed by atoms with van der Waals surface area (Å²) in [7, 11) is 1.82. The molecule has 29 heavy (non-hydrogen) atoms. The lowest BCUT2D eigenvalue weighted by atomic mass is 10.1. The SMILES string of the molecule is Cc1c(NC(=O)CC(C)N2CCc3ccccc32)c(=O)n(-c2ccccc2)n1C. The van der Waals surface area contributed by atoms with Gasteiger partial charge in [0.05, 0.1) is 11.4 Å². The maximum atomic E-state index is 13.0. The number of rotatable bonds is 5. The number of carbonyl (C=O) groups excluding carboxylic acids is 1. The first kappa shape index (κ1) is 19.1. The van der Waals surface area contributed by atoms with Gasteiger partial charge in [-0.1, -0.05) is 36.4 Å². The van der Waals surface area contributed by atoms with Crippen LogP contribution in [0.4, 0.5) is 11.4 Å². The van der Waals surface area contributed by atoms with Gasteiger partial charge in [-0.15, -0.1) is 0 Å². The molecule has 2 heterocycles. The van der Waals surface area contributed by atoms with Crippen molar-refractivity contribution in [2.24, 2.45) is 7.05 Å². The first-order valence-corrected chi connectivity index (χ1v) is 9.96. The normalized spacial score (nSPS) is 14.0. The molecule has 1 aliphatic heterocycles. The predicted molar refractivity (Wildman–Crippen MR) is 116 cm³/mol. The fourth-order valence-corrected chi connectivity index (χ4v) is 4.10. The number of carbonyl (C=O) groups is 1. The number of nitrogens with zero attached hydrogens (tertiary/aromatic N) is 3. The van der Waals surface area contributed by atoms with E-state index in [2.05, 4.69) is 35.3 Å². The van der Waals surface area contributed by atoms with Gasteiger partial charge in [0.1, 0.15) is 5.69 Å². The van der Waals surface area contributed by atoms with E-state index in [1.807, 2.05) is 50.4 Å². The average molecular weight is 390 g/mol. The summed E-state index contributed by atoms with van der Waals surface area (Å²) in [5.74, 6) is -0.145. The maximum absolute atomic E-state index is 13.0. The minimum atomic E-state index is -0.219. The van der Waals surface area contributed by atoms with Crippen LogP contribution in [0, 0.1) is 6.92 Å². The molecule has 0 saturated heterocycles. The van der Waals surface area contributed by atoms with Crippen molar-refractivity contribution in [2.75, 3.05) is 16.8 Å². The Morgan fingerprint density at radius 3 is 2.55 bits per heavy atom. The zero-order chi connectivity index (χ0) is 20.5. The van der Waals surface area contributed by atoms with Crippen molar-refractivity contribution < 1.29 is 4.79 Å². The third kappa shape index (κ3) is 3.46. The van der Waals surface area contributed by atoms with E-state index in [9.17, 15) is 9.59 Å². The monoisotopic (exact) mass is 390 g/mol. The highest BCUT2D eigenvalue weighted by molar-refractivity contribution is 5.92. The van der Waals surface area contributed by atoms with Gasteiger partial charge in [-0.2, -0.15) is 0 Å². The highest BCUT2D eigenvalue weighted by Gasteiger charge is 2.25. The van der Waals surface area contributed by atoms with Gasteiger partial charge >= 0.3 is 0 Å². The first-order valence-electron chi connectivity index (χ1n) is 9.96. The minimum Gasteiger partial charge on any atom is -0.368 e. The quantitative estimate of drug-likeness (QED) is 0.727. The van der Waals surface area contributed by atoms with Crippen molar-refractivity contribution in [1.82, 2.24) is 9.36 Å². The lowest BCUT2D eigenvalue weighted by Crippen LogP contribution is -2.35. The van der Waals surface area contributed by atoms with Crippen molar-refractivity contribution in [1.29, 1.82) is 0 Å². The Morgan fingerprint density at radius 2 is 1.79 bits per heavy atom. The molecule has 1 unspecified atom stereocenters. The molecule has 1 amide bonds. The van der Waals surface area contributed by atoms with Gasteiger partial charge in [0.25, 0.3) is 5.56 Å². The van der Waals surface area contributed by atoms with Gasteiger partial charge in [0.15, 0.2) is 0 Å². The van der Waals surface area contributed by atoms with E-state index in [4.69, 9.17) is 0 Å². The maximum Gasteiger partial charge on any atom is 0.295 e. The third-order valence-electron chi connectivity index (χ3n) is 5.75. The zero-order valence-electron chi connectivity index (χ0n) is 17.1. The van der Waals surface area contributed by atoms with E-state index in [1.165, 1.54) is 11.3 Å². The number of aromatic nitrogens is 2. The second kappa shape index (κ2) is 7.62. The second-order valence-corrected chi connectivity index (χ2v) is 7.61. The third-order valence-corrected chi connectivity index (χ3v) is 5.75. The molecule has 3 aromatic rings. The molecule has 0 radical (unpaired) electrons. The van der Waals surface area contributed by atoms with Gasteiger partial charge in [0, 0.05) is 31.7 Å². The molecule has 0 aliphatic carbocycles. The van der Waals surface area contributed by atoms with Crippen LogP contribution in [-0.4, -0.2) is 27.9 Å². The molecule has 150 valence electrons. The molecule has 1 aliphatic rings. The van der Waals surface area contributed by atoms with Gasteiger partial charge in [-0.05, 0) is 44.0 Å². The van der Waals surface area contributed by atoms with Crippen LogP contribution in [0.15, 0.2) is 59.4 Å². The molecular weight excluding hydrogens is 364 g/mol. The summed E-state index contributed by atoms with van der Waals surface area (Å²) in [6.07, 6.45) is 1.33. The average Bonchev–Trinajstić information content (AvgIpc) is 3.24. The van der Waals surface area contributed by atoms with Crippen LogP contribution in [-0.2, 0) is 18.3 Å². The molecule has 4 rings (SSSR count). The van der Waals surface area contributed by atoms with Crippen molar-refractivity contribution in [2.45, 2.75) is 32.7 Å². The fourth-order valence-electron chi connectivity index (χ4n) is 4.10. The van der Waals surface area contributed by atoms with Gasteiger partial charge in [0.2, 0.25) is 5.91 Å². The number of hydrogen-bond acceptors (Lipinski definition) is 3. The van der Waals surface area contributed by atoms with Crippen molar-refractivity contribution >= 4 is 17.3 Å². The standard InChI is InChI=1S/C23H26N4O2/c1-16(26-14-13-18-9-7-8-12-20(18)26)15-21(28)24-22-17(2)25(3)27(23(22)29)19-10-5-4-6-11-19/h4-12,16H,13-15H2,1-3H3,(H,24,28). The van der Waals surface area contributed by atoms with E-state index >= 15 is 0 Å². The lowest BCUT2D eigenvalue weighted by molar-refractivity contribution is -0.116. The van der Waals surface area contributed by atoms with E-state index in [1.54, 1.807) is 9.36 Å². The van der Waals surface area contributed by atoms with Crippen LogP contribution in [0.1, 0.15) is 24.6 Å². The van der Waals surface area contributed by atoms with E-state index in [0.29, 0.717) is 12.1 Å². The number of hydrogen-bond donors (Lipinski definition) is 1. The summed E-state index contributed by atoms with van der Waals surface area (Å²) in [6.45, 7) is 4.82. The Kier molecular flexibility index (Phi) is 5.01. The smallest absolute Gasteiger partial charge is 0.295 e. The summed E-state index contributed by atoms with van der Waals surface area (Å²) >= 11 is 0. The number of nitrogens with one attached hydrogen (secondary N) is 1. The van der Waals surface area contributed by atoms with Gasteiger partial charge < -0.3 is 10.2 Å². The largest absolute Gasteiger partial charge is 0.368 e. The van der Waals surface area contributed by atoms with Crippen LogP contribution in [0.2, 0.25) is 0 Å². The van der Waals surface area contributed by atoms with Crippen LogP contribution < -0.4 is 15.8 Å². The molecule has 1 N–H and O–H groups in total. The van der Waals surface area contributed by atoms with E-state index < -0.39 is 0 Å². The number of fused-ring (bicyclic) bond motifs is 1. The van der Waals surface area contributed by atoms with Crippen LogP contribution in [0.5, 0.6) is 0 Å². The van der Waals surface area contributed by atoms with Crippen LogP contribution >= 0.6 is 0 Å². The fraction of sp³-hybridized carbons (Fsp3) is 0.304. The van der Waals surface area contributed by atoms with E-state index in [0.717, 1.165) is 24.3 Å². The summed E-state index contributed by atoms with van der Waals surface area (Å²) in [5, 5.41) is 2.87. The second-order valence-electron chi connectivity index (χ2n) is 7.61. The Balaban J connectivity index is 1.52. The lowest BCUT2D eigenvalue weighted by Gasteiger charge is -2.26. The van der Waals surface area contributed by atoms with Crippen LogP contribution in [0.3, 0.4) is 0 Å². The molecule has 1 aromatic heterocycles. The van der Waals surface area contributed by atoms with Crippen molar-refractivity contribution in [3.05, 3.63) is 76.2 Å². The summed E-state index contributed by atoms with van der Waals surface area (Å²) in [5.41, 5.74) is 4.15. The predicted octanol–water partition coefficient (Wildman–Crippen LogP) is 3.26. The molecule has 6 nitrogen and oxygen atoms in total. The molecular formula is C23H26N4O2. The summed E-state index contributed by atoms with van der Waals surface area (Å²) in [4.78, 5) is 28.0. The Labute approximate surface area is 170 Å². The number of anilines is 2. The Morgan fingerprint density at radius 1 is 1.10 bits per heavy atom. The number of amides is 1. The van der Waals surface area contributed by atoms with Gasteiger partial charge in [-0.3, -0.25) is 14.3 Å². The molecule has 2 aromatic carbocycles.